The largest absolute Gasteiger partial charge is 0.497 e. The number of rotatable bonds is 4. The standard InChI is InChI=1S/C14H19NO2/c1-11(16-2)12-3-5-13(6-4-12)17-14-7-9-15-10-8-14/h3-6,14-15H,1,7-10H2,2H3. The van der Waals surface area contributed by atoms with Crippen LogP contribution in [0.2, 0.25) is 0 Å². The minimum absolute atomic E-state index is 0.340. The van der Waals surface area contributed by atoms with E-state index in [4.69, 9.17) is 9.47 Å². The van der Waals surface area contributed by atoms with Gasteiger partial charge in [0.15, 0.2) is 0 Å². The van der Waals surface area contributed by atoms with Gasteiger partial charge in [-0.1, -0.05) is 6.58 Å². The second kappa shape index (κ2) is 5.73. The predicted molar refractivity (Wildman–Crippen MR) is 69.0 cm³/mol. The van der Waals surface area contributed by atoms with Gasteiger partial charge in [0, 0.05) is 5.56 Å². The molecule has 17 heavy (non-hydrogen) atoms. The highest BCUT2D eigenvalue weighted by atomic mass is 16.5. The number of nitrogens with one attached hydrogen (secondary N) is 1. The Balaban J connectivity index is 1.95. The highest BCUT2D eigenvalue weighted by Gasteiger charge is 2.14. The zero-order valence-electron chi connectivity index (χ0n) is 10.2. The summed E-state index contributed by atoms with van der Waals surface area (Å²) in [6.07, 6.45) is 2.49. The summed E-state index contributed by atoms with van der Waals surface area (Å²) in [5, 5.41) is 3.32. The zero-order valence-corrected chi connectivity index (χ0v) is 10.2. The van der Waals surface area contributed by atoms with Crippen LogP contribution in [-0.4, -0.2) is 26.3 Å². The Morgan fingerprint density at radius 1 is 1.24 bits per heavy atom. The van der Waals surface area contributed by atoms with Gasteiger partial charge in [-0.15, -0.1) is 0 Å². The van der Waals surface area contributed by atoms with Gasteiger partial charge < -0.3 is 14.8 Å². The average Bonchev–Trinajstić information content (AvgIpc) is 2.40. The van der Waals surface area contributed by atoms with Crippen LogP contribution in [0.3, 0.4) is 0 Å². The molecule has 3 heteroatoms. The average molecular weight is 233 g/mol. The first-order chi connectivity index (χ1) is 8.29. The molecule has 1 aromatic carbocycles. The van der Waals surface area contributed by atoms with Crippen LogP contribution < -0.4 is 10.1 Å². The van der Waals surface area contributed by atoms with E-state index in [0.29, 0.717) is 11.9 Å². The summed E-state index contributed by atoms with van der Waals surface area (Å²) in [4.78, 5) is 0. The summed E-state index contributed by atoms with van der Waals surface area (Å²) in [5.74, 6) is 1.60. The van der Waals surface area contributed by atoms with E-state index in [2.05, 4.69) is 11.9 Å². The SMILES string of the molecule is C=C(OC)c1ccc(OC2CCNCC2)cc1. The molecule has 1 heterocycles. The lowest BCUT2D eigenvalue weighted by Gasteiger charge is -2.23. The number of hydrogen-bond donors (Lipinski definition) is 1. The fourth-order valence-corrected chi connectivity index (χ4v) is 1.94. The second-order valence-electron chi connectivity index (χ2n) is 4.22. The van der Waals surface area contributed by atoms with Gasteiger partial charge in [0.1, 0.15) is 17.6 Å². The van der Waals surface area contributed by atoms with Crippen LogP contribution >= 0.6 is 0 Å². The summed E-state index contributed by atoms with van der Waals surface area (Å²) in [7, 11) is 1.63. The second-order valence-corrected chi connectivity index (χ2v) is 4.22. The molecule has 0 atom stereocenters. The van der Waals surface area contributed by atoms with Gasteiger partial charge in [0.05, 0.1) is 7.11 Å². The van der Waals surface area contributed by atoms with Gasteiger partial charge in [-0.3, -0.25) is 0 Å². The summed E-state index contributed by atoms with van der Waals surface area (Å²) in [6, 6.07) is 7.90. The molecule has 1 aliphatic heterocycles. The predicted octanol–water partition coefficient (Wildman–Crippen LogP) is 2.43. The molecular weight excluding hydrogens is 214 g/mol. The van der Waals surface area contributed by atoms with Crippen LogP contribution in [0, 0.1) is 0 Å². The first kappa shape index (κ1) is 12.0. The van der Waals surface area contributed by atoms with Crippen molar-refractivity contribution in [3.63, 3.8) is 0 Å². The summed E-state index contributed by atoms with van der Waals surface area (Å²) in [6.45, 7) is 5.91. The summed E-state index contributed by atoms with van der Waals surface area (Å²) in [5.41, 5.74) is 0.991. The smallest absolute Gasteiger partial charge is 0.119 e. The van der Waals surface area contributed by atoms with Crippen LogP contribution in [-0.2, 0) is 4.74 Å². The molecule has 0 amide bonds. The van der Waals surface area contributed by atoms with Crippen molar-refractivity contribution in [3.8, 4) is 5.75 Å². The van der Waals surface area contributed by atoms with Gasteiger partial charge in [0.2, 0.25) is 0 Å². The van der Waals surface area contributed by atoms with E-state index in [1.54, 1.807) is 7.11 Å². The fraction of sp³-hybridized carbons (Fsp3) is 0.429. The van der Waals surface area contributed by atoms with Crippen LogP contribution in [0.15, 0.2) is 30.8 Å². The van der Waals surface area contributed by atoms with Gasteiger partial charge in [-0.05, 0) is 50.2 Å². The molecule has 92 valence electrons. The molecule has 0 bridgehead atoms. The van der Waals surface area contributed by atoms with E-state index in [-0.39, 0.29) is 0 Å². The van der Waals surface area contributed by atoms with Gasteiger partial charge in [-0.25, -0.2) is 0 Å². The molecule has 1 aliphatic rings. The van der Waals surface area contributed by atoms with Crippen LogP contribution in [0.5, 0.6) is 5.75 Å². The van der Waals surface area contributed by atoms with Crippen molar-refractivity contribution in [2.24, 2.45) is 0 Å². The van der Waals surface area contributed by atoms with Crippen molar-refractivity contribution in [3.05, 3.63) is 36.4 Å². The molecule has 1 aromatic rings. The van der Waals surface area contributed by atoms with Gasteiger partial charge >= 0.3 is 0 Å². The van der Waals surface area contributed by atoms with Crippen molar-refractivity contribution in [2.45, 2.75) is 18.9 Å². The zero-order chi connectivity index (χ0) is 12.1. The first-order valence-corrected chi connectivity index (χ1v) is 6.00. The van der Waals surface area contributed by atoms with Crippen LogP contribution in [0.1, 0.15) is 18.4 Å². The minimum atomic E-state index is 0.340. The molecular formula is C14H19NO2. The van der Waals surface area contributed by atoms with E-state index in [1.807, 2.05) is 24.3 Å². The molecule has 0 aliphatic carbocycles. The minimum Gasteiger partial charge on any atom is -0.497 e. The topological polar surface area (TPSA) is 30.5 Å². The maximum atomic E-state index is 5.91. The molecule has 0 radical (unpaired) electrons. The molecule has 0 saturated carbocycles. The van der Waals surface area contributed by atoms with E-state index in [1.165, 1.54) is 0 Å². The van der Waals surface area contributed by atoms with E-state index in [9.17, 15) is 0 Å². The molecule has 0 unspecified atom stereocenters. The Bertz CT molecular complexity index is 366. The fourth-order valence-electron chi connectivity index (χ4n) is 1.94. The van der Waals surface area contributed by atoms with Gasteiger partial charge in [0.25, 0.3) is 0 Å². The van der Waals surface area contributed by atoms with E-state index < -0.39 is 0 Å². The highest BCUT2D eigenvalue weighted by molar-refractivity contribution is 5.57. The Morgan fingerprint density at radius 3 is 2.47 bits per heavy atom. The van der Waals surface area contributed by atoms with Crippen LogP contribution in [0.25, 0.3) is 5.76 Å². The van der Waals surface area contributed by atoms with Crippen molar-refractivity contribution < 1.29 is 9.47 Å². The number of methoxy groups -OCH3 is 1. The molecule has 3 nitrogen and oxygen atoms in total. The van der Waals surface area contributed by atoms with Crippen molar-refractivity contribution in [1.82, 2.24) is 5.32 Å². The van der Waals surface area contributed by atoms with Gasteiger partial charge in [-0.2, -0.15) is 0 Å². The molecule has 1 saturated heterocycles. The molecule has 1 N–H and O–H groups in total. The Hall–Kier alpha value is -1.48. The molecule has 0 aromatic heterocycles. The van der Waals surface area contributed by atoms with E-state index >= 15 is 0 Å². The number of piperidine rings is 1. The molecule has 1 fully saturated rings. The Kier molecular flexibility index (Phi) is 4.04. The number of ether oxygens (including phenoxy) is 2. The lowest BCUT2D eigenvalue weighted by molar-refractivity contribution is 0.162. The third-order valence-electron chi connectivity index (χ3n) is 3.01. The number of benzene rings is 1. The third kappa shape index (κ3) is 3.24. The lowest BCUT2D eigenvalue weighted by Crippen LogP contribution is -2.34. The van der Waals surface area contributed by atoms with Crippen LogP contribution in [0.4, 0.5) is 0 Å². The van der Waals surface area contributed by atoms with Crippen molar-refractivity contribution in [1.29, 1.82) is 0 Å². The Morgan fingerprint density at radius 2 is 1.88 bits per heavy atom. The number of hydrogen-bond acceptors (Lipinski definition) is 3. The van der Waals surface area contributed by atoms with Crippen molar-refractivity contribution in [2.75, 3.05) is 20.2 Å². The third-order valence-corrected chi connectivity index (χ3v) is 3.01. The Labute approximate surface area is 102 Å². The van der Waals surface area contributed by atoms with E-state index in [0.717, 1.165) is 37.2 Å². The summed E-state index contributed by atoms with van der Waals surface area (Å²) >= 11 is 0. The van der Waals surface area contributed by atoms with Crippen molar-refractivity contribution >= 4 is 5.76 Å². The molecule has 0 spiro atoms. The first-order valence-electron chi connectivity index (χ1n) is 6.00. The maximum Gasteiger partial charge on any atom is 0.119 e. The maximum absolute atomic E-state index is 5.91. The summed E-state index contributed by atoms with van der Waals surface area (Å²) < 4.78 is 11.0. The highest BCUT2D eigenvalue weighted by Crippen LogP contribution is 2.20. The lowest BCUT2D eigenvalue weighted by atomic mass is 10.1. The quantitative estimate of drug-likeness (QED) is 0.810. The normalized spacial score (nSPS) is 16.5. The molecule has 2 rings (SSSR count). The monoisotopic (exact) mass is 233 g/mol.